The molecule has 59 valence electrons. The molecule has 1 rings (SSSR count). The van der Waals surface area contributed by atoms with Crippen molar-refractivity contribution in [2.75, 3.05) is 6.61 Å². The summed E-state index contributed by atoms with van der Waals surface area (Å²) in [6.45, 7) is -0.0775. The highest BCUT2D eigenvalue weighted by Gasteiger charge is 1.92. The van der Waals surface area contributed by atoms with E-state index in [0.29, 0.717) is 11.3 Å². The van der Waals surface area contributed by atoms with E-state index < -0.39 is 0 Å². The summed E-state index contributed by atoms with van der Waals surface area (Å²) in [5.41, 5.74) is 0.567. The summed E-state index contributed by atoms with van der Waals surface area (Å²) in [6.07, 6.45) is 1.61. The Balaban J connectivity index is 2.66. The van der Waals surface area contributed by atoms with Crippen molar-refractivity contribution < 1.29 is 9.53 Å². The molecule has 0 amide bonds. The number of hydrogen-bond acceptors (Lipinski definition) is 3. The number of rotatable bonds is 3. The highest BCUT2D eigenvalue weighted by Crippen LogP contribution is 2.10. The van der Waals surface area contributed by atoms with Crippen LogP contribution in [0.15, 0.2) is 24.3 Å². The van der Waals surface area contributed by atoms with Crippen LogP contribution in [0.3, 0.4) is 0 Å². The molecular formula is C9H6NO2. The van der Waals surface area contributed by atoms with Crippen LogP contribution in [-0.2, 0) is 4.79 Å². The predicted octanol–water partition coefficient (Wildman–Crippen LogP) is 1.05. The molecule has 0 atom stereocenters. The van der Waals surface area contributed by atoms with Crippen LogP contribution in [0.25, 0.3) is 0 Å². The molecule has 0 heterocycles. The lowest BCUT2D eigenvalue weighted by atomic mass is 10.2. The molecule has 0 aliphatic carbocycles. The minimum Gasteiger partial charge on any atom is -0.485 e. The Morgan fingerprint density at radius 3 is 2.50 bits per heavy atom. The van der Waals surface area contributed by atoms with Crippen LogP contribution < -0.4 is 4.74 Å². The summed E-state index contributed by atoms with van der Waals surface area (Å²) in [5, 5.41) is 8.45. The molecule has 0 aliphatic heterocycles. The fraction of sp³-hybridized carbons (Fsp3) is 0.111. The zero-order valence-corrected chi connectivity index (χ0v) is 6.28. The fourth-order valence-corrected chi connectivity index (χ4v) is 0.738. The van der Waals surface area contributed by atoms with Gasteiger partial charge in [-0.3, -0.25) is 4.79 Å². The quantitative estimate of drug-likeness (QED) is 0.663. The minimum atomic E-state index is -0.0775. The van der Waals surface area contributed by atoms with Gasteiger partial charge in [-0.25, -0.2) is 0 Å². The average Bonchev–Trinajstić information content (AvgIpc) is 2.15. The second-order valence-corrected chi connectivity index (χ2v) is 2.07. The van der Waals surface area contributed by atoms with Gasteiger partial charge in [0.15, 0.2) is 6.61 Å². The normalized spacial score (nSPS) is 8.58. The Bertz CT molecular complexity index is 297. The highest BCUT2D eigenvalue weighted by atomic mass is 16.5. The molecule has 0 bridgehead atoms. The van der Waals surface area contributed by atoms with Crippen LogP contribution in [0.1, 0.15) is 5.56 Å². The first-order valence-corrected chi connectivity index (χ1v) is 3.35. The van der Waals surface area contributed by atoms with Crippen molar-refractivity contribution in [2.45, 2.75) is 0 Å². The van der Waals surface area contributed by atoms with Crippen LogP contribution in [0.2, 0.25) is 0 Å². The van der Waals surface area contributed by atoms with Crippen LogP contribution in [0.4, 0.5) is 0 Å². The van der Waals surface area contributed by atoms with E-state index in [4.69, 9.17) is 10.00 Å². The van der Waals surface area contributed by atoms with Crippen molar-refractivity contribution in [3.05, 3.63) is 29.8 Å². The van der Waals surface area contributed by atoms with Gasteiger partial charge in [-0.05, 0) is 24.3 Å². The fourth-order valence-electron chi connectivity index (χ4n) is 0.738. The van der Waals surface area contributed by atoms with Gasteiger partial charge in [0.25, 0.3) is 0 Å². The van der Waals surface area contributed by atoms with Gasteiger partial charge in [-0.15, -0.1) is 0 Å². The lowest BCUT2D eigenvalue weighted by Crippen LogP contribution is -1.96. The average molecular weight is 160 g/mol. The summed E-state index contributed by atoms with van der Waals surface area (Å²) < 4.78 is 4.92. The van der Waals surface area contributed by atoms with Gasteiger partial charge < -0.3 is 4.74 Å². The molecule has 0 saturated carbocycles. The van der Waals surface area contributed by atoms with Gasteiger partial charge in [-0.2, -0.15) is 5.26 Å². The van der Waals surface area contributed by atoms with Crippen molar-refractivity contribution in [3.8, 4) is 11.8 Å². The Morgan fingerprint density at radius 2 is 2.00 bits per heavy atom. The number of benzene rings is 1. The number of nitrogens with zero attached hydrogens (tertiary/aromatic N) is 1. The second-order valence-electron chi connectivity index (χ2n) is 2.07. The lowest BCUT2D eigenvalue weighted by molar-refractivity contribution is 0.365. The van der Waals surface area contributed by atoms with E-state index >= 15 is 0 Å². The Hall–Kier alpha value is -1.82. The summed E-state index contributed by atoms with van der Waals surface area (Å²) >= 11 is 0. The molecule has 1 radical (unpaired) electrons. The first kappa shape index (κ1) is 8.28. The molecule has 0 unspecified atom stereocenters. The molecule has 3 heteroatoms. The zero-order valence-electron chi connectivity index (χ0n) is 6.28. The number of ether oxygens (including phenoxy) is 1. The van der Waals surface area contributed by atoms with Crippen molar-refractivity contribution >= 4 is 6.29 Å². The Kier molecular flexibility index (Phi) is 2.86. The van der Waals surface area contributed by atoms with E-state index in [9.17, 15) is 4.79 Å². The molecule has 0 saturated heterocycles. The van der Waals surface area contributed by atoms with E-state index in [1.807, 2.05) is 6.07 Å². The van der Waals surface area contributed by atoms with Gasteiger partial charge in [0.2, 0.25) is 6.29 Å². The van der Waals surface area contributed by atoms with E-state index in [-0.39, 0.29) is 6.61 Å². The Labute approximate surface area is 70.2 Å². The van der Waals surface area contributed by atoms with Gasteiger partial charge in [0.1, 0.15) is 5.75 Å². The molecule has 0 aromatic heterocycles. The molecular weight excluding hydrogens is 154 g/mol. The molecule has 0 fully saturated rings. The van der Waals surface area contributed by atoms with Gasteiger partial charge in [0.05, 0.1) is 11.6 Å². The molecule has 12 heavy (non-hydrogen) atoms. The van der Waals surface area contributed by atoms with Crippen molar-refractivity contribution in [1.82, 2.24) is 0 Å². The predicted molar refractivity (Wildman–Crippen MR) is 42.3 cm³/mol. The third-order valence-corrected chi connectivity index (χ3v) is 1.28. The molecule has 0 spiro atoms. The van der Waals surface area contributed by atoms with Crippen molar-refractivity contribution in [1.29, 1.82) is 5.26 Å². The summed E-state index contributed by atoms with van der Waals surface area (Å²) in [7, 11) is 0. The minimum absolute atomic E-state index is 0.0775. The monoisotopic (exact) mass is 160 g/mol. The number of carbonyl (C=O) groups excluding carboxylic acids is 1. The smallest absolute Gasteiger partial charge is 0.239 e. The topological polar surface area (TPSA) is 50.1 Å². The third kappa shape index (κ3) is 2.10. The third-order valence-electron chi connectivity index (χ3n) is 1.28. The summed E-state index contributed by atoms with van der Waals surface area (Å²) in [5.74, 6) is 0.567. The summed E-state index contributed by atoms with van der Waals surface area (Å²) in [4.78, 5) is 9.80. The van der Waals surface area contributed by atoms with Crippen LogP contribution in [0, 0.1) is 11.3 Å². The molecule has 1 aromatic carbocycles. The number of nitriles is 1. The molecule has 1 aromatic rings. The molecule has 0 N–H and O–H groups in total. The van der Waals surface area contributed by atoms with Crippen molar-refractivity contribution in [3.63, 3.8) is 0 Å². The summed E-state index contributed by atoms with van der Waals surface area (Å²) in [6, 6.07) is 8.50. The van der Waals surface area contributed by atoms with E-state index in [2.05, 4.69) is 0 Å². The number of hydrogen-bond donors (Lipinski definition) is 0. The van der Waals surface area contributed by atoms with Crippen LogP contribution in [0.5, 0.6) is 5.75 Å². The maximum absolute atomic E-state index is 9.80. The largest absolute Gasteiger partial charge is 0.485 e. The SMILES string of the molecule is N#Cc1ccc(OC[C]=O)cc1. The van der Waals surface area contributed by atoms with Gasteiger partial charge in [0, 0.05) is 0 Å². The zero-order chi connectivity index (χ0) is 8.81. The Morgan fingerprint density at radius 1 is 1.33 bits per heavy atom. The van der Waals surface area contributed by atoms with E-state index in [1.54, 1.807) is 30.6 Å². The highest BCUT2D eigenvalue weighted by molar-refractivity contribution is 5.52. The first-order chi connectivity index (χ1) is 5.86. The van der Waals surface area contributed by atoms with E-state index in [0.717, 1.165) is 0 Å². The molecule has 3 nitrogen and oxygen atoms in total. The van der Waals surface area contributed by atoms with Crippen LogP contribution >= 0.6 is 0 Å². The van der Waals surface area contributed by atoms with Crippen LogP contribution in [-0.4, -0.2) is 12.9 Å². The first-order valence-electron chi connectivity index (χ1n) is 3.35. The second kappa shape index (κ2) is 4.14. The maximum atomic E-state index is 9.80. The van der Waals surface area contributed by atoms with Crippen molar-refractivity contribution in [2.24, 2.45) is 0 Å². The van der Waals surface area contributed by atoms with Gasteiger partial charge >= 0.3 is 0 Å². The standard InChI is InChI=1S/C9H6NO2/c10-7-8-1-3-9(4-2-8)12-6-5-11/h1-4H,6H2. The van der Waals surface area contributed by atoms with E-state index in [1.165, 1.54) is 0 Å². The van der Waals surface area contributed by atoms with Gasteiger partial charge in [-0.1, -0.05) is 0 Å². The molecule has 0 aliphatic rings. The maximum Gasteiger partial charge on any atom is 0.239 e. The lowest BCUT2D eigenvalue weighted by Gasteiger charge is -1.99.